The first kappa shape index (κ1) is 32.7. The summed E-state index contributed by atoms with van der Waals surface area (Å²) in [6.45, 7) is 4.71. The summed E-state index contributed by atoms with van der Waals surface area (Å²) in [4.78, 5) is 10.4. The maximum absolute atomic E-state index is 5.24. The summed E-state index contributed by atoms with van der Waals surface area (Å²) in [7, 11) is 0. The molecule has 0 unspecified atom stereocenters. The van der Waals surface area contributed by atoms with E-state index in [0.29, 0.717) is 5.82 Å². The van der Waals surface area contributed by atoms with Gasteiger partial charge in [0.25, 0.3) is 0 Å². The van der Waals surface area contributed by atoms with E-state index in [4.69, 9.17) is 9.97 Å². The van der Waals surface area contributed by atoms with Gasteiger partial charge < -0.3 is 0 Å². The van der Waals surface area contributed by atoms with Gasteiger partial charge >= 0.3 is 0 Å². The van der Waals surface area contributed by atoms with Gasteiger partial charge in [-0.3, -0.25) is 0 Å². The fourth-order valence-electron chi connectivity index (χ4n) is 8.71. The molecule has 1 aromatic heterocycles. The van der Waals surface area contributed by atoms with Gasteiger partial charge in [0.2, 0.25) is 0 Å². The molecule has 0 amide bonds. The second-order valence-electron chi connectivity index (χ2n) is 14.9. The van der Waals surface area contributed by atoms with Gasteiger partial charge in [0.1, 0.15) is 0 Å². The third-order valence-electron chi connectivity index (χ3n) is 11.3. The first-order valence-electron chi connectivity index (χ1n) is 19.0. The molecular formula is C53H38N2. The van der Waals surface area contributed by atoms with E-state index in [0.717, 1.165) is 44.6 Å². The molecule has 0 bridgehead atoms. The standard InChI is InChI=1S/C53H38N2/c1-53(2)48-27-14-13-23-44(48)47-26-15-25-41(51(47)53)37-30-28-36(29-31-37)40-32-33-46(43-22-11-10-21-42(40)43)50-34-49(54-52(55-50)38-18-7-4-8-19-38)45-24-12-9-20-39(45)35-16-5-3-6-17-35/h3-34H,1-2H3. The molecule has 1 heterocycles. The molecule has 0 atom stereocenters. The van der Waals surface area contributed by atoms with Gasteiger partial charge in [-0.25, -0.2) is 9.97 Å². The number of hydrogen-bond acceptors (Lipinski definition) is 2. The second-order valence-corrected chi connectivity index (χ2v) is 14.9. The quantitative estimate of drug-likeness (QED) is 0.172. The maximum Gasteiger partial charge on any atom is 0.160 e. The fraction of sp³-hybridized carbons (Fsp3) is 0.0566. The van der Waals surface area contributed by atoms with Crippen molar-refractivity contribution >= 4 is 10.8 Å². The van der Waals surface area contributed by atoms with Crippen molar-refractivity contribution in [2.24, 2.45) is 0 Å². The topological polar surface area (TPSA) is 25.8 Å². The van der Waals surface area contributed by atoms with Crippen molar-refractivity contribution in [2.45, 2.75) is 19.3 Å². The third-order valence-corrected chi connectivity index (χ3v) is 11.3. The predicted octanol–water partition coefficient (Wildman–Crippen LogP) is 13.9. The summed E-state index contributed by atoms with van der Waals surface area (Å²) in [5, 5.41) is 2.35. The highest BCUT2D eigenvalue weighted by Gasteiger charge is 2.37. The summed E-state index contributed by atoms with van der Waals surface area (Å²) in [5.41, 5.74) is 17.6. The van der Waals surface area contributed by atoms with Gasteiger partial charge in [0.05, 0.1) is 11.4 Å². The molecule has 0 aliphatic heterocycles. The van der Waals surface area contributed by atoms with Crippen LogP contribution in [-0.4, -0.2) is 9.97 Å². The van der Waals surface area contributed by atoms with Crippen molar-refractivity contribution in [3.8, 4) is 78.4 Å². The lowest BCUT2D eigenvalue weighted by Crippen LogP contribution is -2.16. The second kappa shape index (κ2) is 13.2. The Morgan fingerprint density at radius 1 is 0.327 bits per heavy atom. The van der Waals surface area contributed by atoms with Gasteiger partial charge in [-0.15, -0.1) is 0 Å². The number of aromatic nitrogens is 2. The van der Waals surface area contributed by atoms with Crippen molar-refractivity contribution in [1.29, 1.82) is 0 Å². The van der Waals surface area contributed by atoms with Crippen LogP contribution in [0.1, 0.15) is 25.0 Å². The van der Waals surface area contributed by atoms with E-state index in [1.165, 1.54) is 49.9 Å². The molecule has 1 aliphatic rings. The summed E-state index contributed by atoms with van der Waals surface area (Å²) < 4.78 is 0. The lowest BCUT2D eigenvalue weighted by Gasteiger charge is -2.24. The van der Waals surface area contributed by atoms with Crippen LogP contribution in [0, 0.1) is 0 Å². The monoisotopic (exact) mass is 702 g/mol. The highest BCUT2D eigenvalue weighted by molar-refractivity contribution is 6.05. The molecule has 0 N–H and O–H groups in total. The Morgan fingerprint density at radius 3 is 1.51 bits per heavy atom. The number of rotatable bonds is 6. The Bertz CT molecular complexity index is 2870. The molecule has 0 radical (unpaired) electrons. The van der Waals surface area contributed by atoms with Gasteiger partial charge in [-0.05, 0) is 72.5 Å². The molecule has 55 heavy (non-hydrogen) atoms. The zero-order valence-corrected chi connectivity index (χ0v) is 30.9. The number of hydrogen-bond donors (Lipinski definition) is 0. The molecule has 1 aliphatic carbocycles. The highest BCUT2D eigenvalue weighted by Crippen LogP contribution is 2.52. The van der Waals surface area contributed by atoms with Gasteiger partial charge in [-0.2, -0.15) is 0 Å². The molecule has 260 valence electrons. The van der Waals surface area contributed by atoms with Gasteiger partial charge in [0.15, 0.2) is 5.82 Å². The number of fused-ring (bicyclic) bond motifs is 4. The van der Waals surface area contributed by atoms with Crippen LogP contribution in [0.3, 0.4) is 0 Å². The highest BCUT2D eigenvalue weighted by atomic mass is 14.9. The lowest BCUT2D eigenvalue weighted by atomic mass is 9.79. The summed E-state index contributed by atoms with van der Waals surface area (Å²) >= 11 is 0. The molecule has 8 aromatic carbocycles. The number of nitrogens with zero attached hydrogens (tertiary/aromatic N) is 2. The SMILES string of the molecule is CC1(C)c2ccccc2-c2cccc(-c3ccc(-c4ccc(-c5cc(-c6ccccc6-c6ccccc6)nc(-c6ccccc6)n5)c5ccccc45)cc3)c21. The van der Waals surface area contributed by atoms with Crippen LogP contribution in [0.15, 0.2) is 194 Å². The Kier molecular flexibility index (Phi) is 7.85. The molecule has 2 heteroatoms. The van der Waals surface area contributed by atoms with E-state index in [-0.39, 0.29) is 5.41 Å². The molecule has 2 nitrogen and oxygen atoms in total. The van der Waals surface area contributed by atoms with Crippen LogP contribution in [0.4, 0.5) is 0 Å². The van der Waals surface area contributed by atoms with E-state index >= 15 is 0 Å². The molecule has 10 rings (SSSR count). The first-order chi connectivity index (χ1) is 27.0. The third kappa shape index (κ3) is 5.57. The van der Waals surface area contributed by atoms with Gasteiger partial charge in [0, 0.05) is 22.1 Å². The Morgan fingerprint density at radius 2 is 0.800 bits per heavy atom. The summed E-state index contributed by atoms with van der Waals surface area (Å²) in [6.07, 6.45) is 0. The molecule has 0 saturated carbocycles. The van der Waals surface area contributed by atoms with Crippen molar-refractivity contribution in [2.75, 3.05) is 0 Å². The van der Waals surface area contributed by atoms with Gasteiger partial charge in [-0.1, -0.05) is 202 Å². The minimum atomic E-state index is -0.0713. The zero-order chi connectivity index (χ0) is 36.9. The summed E-state index contributed by atoms with van der Waals surface area (Å²) in [5.74, 6) is 0.707. The summed E-state index contributed by atoms with van der Waals surface area (Å²) in [6, 6.07) is 69.5. The smallest absolute Gasteiger partial charge is 0.160 e. The average molecular weight is 703 g/mol. The Labute approximate surface area is 322 Å². The van der Waals surface area contributed by atoms with Crippen LogP contribution in [0.5, 0.6) is 0 Å². The first-order valence-corrected chi connectivity index (χ1v) is 19.0. The average Bonchev–Trinajstić information content (AvgIpc) is 3.50. The normalized spacial score (nSPS) is 12.7. The zero-order valence-electron chi connectivity index (χ0n) is 30.9. The molecule has 0 fully saturated rings. The predicted molar refractivity (Wildman–Crippen MR) is 230 cm³/mol. The van der Waals surface area contributed by atoms with E-state index in [1.54, 1.807) is 0 Å². The molecular weight excluding hydrogens is 665 g/mol. The van der Waals surface area contributed by atoms with Crippen molar-refractivity contribution in [3.63, 3.8) is 0 Å². The molecule has 0 spiro atoms. The van der Waals surface area contributed by atoms with E-state index in [1.807, 2.05) is 18.2 Å². The number of benzene rings is 8. The van der Waals surface area contributed by atoms with Crippen molar-refractivity contribution < 1.29 is 0 Å². The lowest BCUT2D eigenvalue weighted by molar-refractivity contribution is 0.662. The van der Waals surface area contributed by atoms with Crippen molar-refractivity contribution in [3.05, 3.63) is 205 Å². The van der Waals surface area contributed by atoms with Crippen LogP contribution in [0.25, 0.3) is 89.2 Å². The van der Waals surface area contributed by atoms with E-state index in [9.17, 15) is 0 Å². The van der Waals surface area contributed by atoms with E-state index in [2.05, 4.69) is 190 Å². The molecule has 9 aromatic rings. The van der Waals surface area contributed by atoms with Crippen molar-refractivity contribution in [1.82, 2.24) is 9.97 Å². The van der Waals surface area contributed by atoms with Crippen LogP contribution in [0.2, 0.25) is 0 Å². The van der Waals surface area contributed by atoms with Crippen LogP contribution >= 0.6 is 0 Å². The van der Waals surface area contributed by atoms with Crippen LogP contribution < -0.4 is 0 Å². The minimum absolute atomic E-state index is 0.0713. The maximum atomic E-state index is 5.24. The van der Waals surface area contributed by atoms with E-state index < -0.39 is 0 Å². The molecule has 0 saturated heterocycles. The largest absolute Gasteiger partial charge is 0.228 e. The van der Waals surface area contributed by atoms with Crippen LogP contribution in [-0.2, 0) is 5.41 Å². The fourth-order valence-corrected chi connectivity index (χ4v) is 8.71. The Balaban J connectivity index is 1.08. The minimum Gasteiger partial charge on any atom is -0.228 e. The Hall–Kier alpha value is -6.90.